The zero-order valence-electron chi connectivity index (χ0n) is 12.7. The highest BCUT2D eigenvalue weighted by Gasteiger charge is 2.31. The summed E-state index contributed by atoms with van der Waals surface area (Å²) >= 11 is 0. The highest BCUT2D eigenvalue weighted by molar-refractivity contribution is 7.89. The number of nitrogens with zero attached hydrogens (tertiary/aromatic N) is 2. The molecule has 1 fully saturated rings. The van der Waals surface area contributed by atoms with E-state index in [0.29, 0.717) is 37.5 Å². The lowest BCUT2D eigenvalue weighted by Gasteiger charge is -2.30. The van der Waals surface area contributed by atoms with Crippen LogP contribution in [0.2, 0.25) is 0 Å². The predicted octanol–water partition coefficient (Wildman–Crippen LogP) is 0.610. The minimum Gasteiger partial charge on any atom is -0.384 e. The van der Waals surface area contributed by atoms with Crippen molar-refractivity contribution in [1.29, 1.82) is 0 Å². The molecule has 1 amide bonds. The van der Waals surface area contributed by atoms with Crippen molar-refractivity contribution in [2.75, 3.05) is 37.9 Å². The highest BCUT2D eigenvalue weighted by atomic mass is 32.2. The molecule has 1 saturated heterocycles. The zero-order valence-corrected chi connectivity index (χ0v) is 13.6. The van der Waals surface area contributed by atoms with E-state index >= 15 is 0 Å². The van der Waals surface area contributed by atoms with E-state index < -0.39 is 10.0 Å². The summed E-state index contributed by atoms with van der Waals surface area (Å²) < 4.78 is 35.2. The third-order valence-corrected chi connectivity index (χ3v) is 5.48. The fraction of sp³-hybridized carbons (Fsp3) is 0.692. The molecule has 2 rings (SSSR count). The Morgan fingerprint density at radius 2 is 2.18 bits per heavy atom. The van der Waals surface area contributed by atoms with Crippen LogP contribution in [0.3, 0.4) is 0 Å². The molecule has 2 heterocycles. The lowest BCUT2D eigenvalue weighted by Crippen LogP contribution is -2.42. The summed E-state index contributed by atoms with van der Waals surface area (Å²) in [5, 5.41) is 6.40. The number of piperidine rings is 1. The molecule has 1 aromatic rings. The van der Waals surface area contributed by atoms with E-state index in [-0.39, 0.29) is 24.2 Å². The summed E-state index contributed by atoms with van der Waals surface area (Å²) in [5.41, 5.74) is 0. The molecule has 0 bridgehead atoms. The van der Waals surface area contributed by atoms with Crippen LogP contribution in [0, 0.1) is 12.8 Å². The number of aromatic nitrogens is 1. The maximum atomic E-state index is 12.1. The average molecular weight is 331 g/mol. The number of ether oxygens (including phenoxy) is 1. The quantitative estimate of drug-likeness (QED) is 0.819. The summed E-state index contributed by atoms with van der Waals surface area (Å²) in [6.45, 7) is 2.62. The second-order valence-electron chi connectivity index (χ2n) is 5.29. The molecule has 9 heteroatoms. The van der Waals surface area contributed by atoms with Gasteiger partial charge in [-0.3, -0.25) is 4.79 Å². The summed E-state index contributed by atoms with van der Waals surface area (Å²) in [6.07, 6.45) is 0.990. The van der Waals surface area contributed by atoms with Gasteiger partial charge in [0.1, 0.15) is 5.76 Å². The summed E-state index contributed by atoms with van der Waals surface area (Å²) in [7, 11) is -1.83. The molecule has 0 aliphatic carbocycles. The van der Waals surface area contributed by atoms with Crippen LogP contribution in [0.25, 0.3) is 0 Å². The fourth-order valence-electron chi connectivity index (χ4n) is 2.37. The van der Waals surface area contributed by atoms with Gasteiger partial charge in [-0.1, -0.05) is 5.16 Å². The Kier molecular flexibility index (Phi) is 5.54. The Morgan fingerprint density at radius 1 is 1.50 bits per heavy atom. The van der Waals surface area contributed by atoms with E-state index in [0.717, 1.165) is 0 Å². The van der Waals surface area contributed by atoms with Crippen molar-refractivity contribution in [3.63, 3.8) is 0 Å². The van der Waals surface area contributed by atoms with Crippen LogP contribution in [0.15, 0.2) is 10.6 Å². The first kappa shape index (κ1) is 16.9. The number of nitrogens with one attached hydrogen (secondary N) is 1. The van der Waals surface area contributed by atoms with Crippen molar-refractivity contribution in [1.82, 2.24) is 9.46 Å². The topological polar surface area (TPSA) is 102 Å². The van der Waals surface area contributed by atoms with Crippen LogP contribution in [-0.2, 0) is 19.6 Å². The van der Waals surface area contributed by atoms with Gasteiger partial charge in [0.15, 0.2) is 5.82 Å². The Labute approximate surface area is 129 Å². The van der Waals surface area contributed by atoms with E-state index in [4.69, 9.17) is 9.26 Å². The fourth-order valence-corrected chi connectivity index (χ4v) is 3.77. The van der Waals surface area contributed by atoms with Crippen molar-refractivity contribution in [2.24, 2.45) is 5.92 Å². The standard InChI is InChI=1S/C13H21N3O5S/c1-10-9-12(15-21-10)14-13(17)11-3-5-16(6-4-11)22(18,19)8-7-20-2/h9,11H,3-8H2,1-2H3,(H,14,15,17). The first-order valence-corrected chi connectivity index (χ1v) is 8.74. The summed E-state index contributed by atoms with van der Waals surface area (Å²) in [4.78, 5) is 12.1. The number of anilines is 1. The number of carbonyl (C=O) groups excluding carboxylic acids is 1. The van der Waals surface area contributed by atoms with Crippen molar-refractivity contribution in [3.05, 3.63) is 11.8 Å². The van der Waals surface area contributed by atoms with Gasteiger partial charge in [-0.25, -0.2) is 12.7 Å². The van der Waals surface area contributed by atoms with Gasteiger partial charge in [-0.2, -0.15) is 0 Å². The minimum atomic E-state index is -3.30. The van der Waals surface area contributed by atoms with Crippen LogP contribution < -0.4 is 5.32 Å². The van der Waals surface area contributed by atoms with Crippen LogP contribution >= 0.6 is 0 Å². The van der Waals surface area contributed by atoms with E-state index in [2.05, 4.69) is 10.5 Å². The van der Waals surface area contributed by atoms with E-state index in [9.17, 15) is 13.2 Å². The molecule has 0 unspecified atom stereocenters. The van der Waals surface area contributed by atoms with Crippen molar-refractivity contribution < 1.29 is 22.5 Å². The summed E-state index contributed by atoms with van der Waals surface area (Å²) in [6, 6.07) is 1.64. The van der Waals surface area contributed by atoms with Gasteiger partial charge < -0.3 is 14.6 Å². The molecule has 0 spiro atoms. The highest BCUT2D eigenvalue weighted by Crippen LogP contribution is 2.21. The van der Waals surface area contributed by atoms with E-state index in [1.807, 2.05) is 0 Å². The van der Waals surface area contributed by atoms with Crippen LogP contribution in [-0.4, -0.2) is 56.3 Å². The van der Waals surface area contributed by atoms with E-state index in [1.165, 1.54) is 11.4 Å². The van der Waals surface area contributed by atoms with Crippen molar-refractivity contribution >= 4 is 21.7 Å². The first-order chi connectivity index (χ1) is 10.4. The van der Waals surface area contributed by atoms with Crippen LogP contribution in [0.5, 0.6) is 0 Å². The first-order valence-electron chi connectivity index (χ1n) is 7.13. The van der Waals surface area contributed by atoms with Gasteiger partial charge in [-0.05, 0) is 19.8 Å². The third kappa shape index (κ3) is 4.28. The van der Waals surface area contributed by atoms with Crippen LogP contribution in [0.4, 0.5) is 5.82 Å². The molecule has 0 radical (unpaired) electrons. The van der Waals surface area contributed by atoms with Gasteiger partial charge in [0.05, 0.1) is 12.4 Å². The molecule has 22 heavy (non-hydrogen) atoms. The number of sulfonamides is 1. The Hall–Kier alpha value is -1.45. The molecule has 1 aliphatic heterocycles. The lowest BCUT2D eigenvalue weighted by molar-refractivity contribution is -0.120. The zero-order chi connectivity index (χ0) is 16.2. The molecule has 1 aromatic heterocycles. The van der Waals surface area contributed by atoms with Gasteiger partial charge in [0.2, 0.25) is 15.9 Å². The smallest absolute Gasteiger partial charge is 0.228 e. The normalized spacial score (nSPS) is 17.5. The van der Waals surface area contributed by atoms with E-state index in [1.54, 1.807) is 13.0 Å². The molecule has 124 valence electrons. The van der Waals surface area contributed by atoms with Gasteiger partial charge in [0, 0.05) is 32.2 Å². The minimum absolute atomic E-state index is 0.0292. The maximum absolute atomic E-state index is 12.1. The number of amides is 1. The average Bonchev–Trinajstić information content (AvgIpc) is 2.90. The molecule has 1 N–H and O–H groups in total. The number of rotatable bonds is 6. The maximum Gasteiger partial charge on any atom is 0.228 e. The van der Waals surface area contributed by atoms with Crippen molar-refractivity contribution in [2.45, 2.75) is 19.8 Å². The lowest BCUT2D eigenvalue weighted by atomic mass is 9.97. The van der Waals surface area contributed by atoms with Crippen LogP contribution in [0.1, 0.15) is 18.6 Å². The molecule has 0 atom stereocenters. The largest absolute Gasteiger partial charge is 0.384 e. The number of hydrogen-bond donors (Lipinski definition) is 1. The van der Waals surface area contributed by atoms with Crippen molar-refractivity contribution in [3.8, 4) is 0 Å². The molecular weight excluding hydrogens is 310 g/mol. The molecule has 1 aliphatic rings. The SMILES string of the molecule is COCCS(=O)(=O)N1CCC(C(=O)Nc2cc(C)on2)CC1. The number of hydrogen-bond acceptors (Lipinski definition) is 6. The second-order valence-corrected chi connectivity index (χ2v) is 7.38. The van der Waals surface area contributed by atoms with Gasteiger partial charge in [-0.15, -0.1) is 0 Å². The second kappa shape index (κ2) is 7.21. The Balaban J connectivity index is 1.85. The Bertz CT molecular complexity index is 605. The molecule has 0 saturated carbocycles. The van der Waals surface area contributed by atoms with Gasteiger partial charge >= 0.3 is 0 Å². The monoisotopic (exact) mass is 331 g/mol. The predicted molar refractivity (Wildman–Crippen MR) is 79.8 cm³/mol. The number of aryl methyl sites for hydroxylation is 1. The van der Waals surface area contributed by atoms with Gasteiger partial charge in [0.25, 0.3) is 0 Å². The number of methoxy groups -OCH3 is 1. The summed E-state index contributed by atoms with van der Waals surface area (Å²) in [5.74, 6) is 0.610. The molecular formula is C13H21N3O5S. The molecule has 0 aromatic carbocycles. The third-order valence-electron chi connectivity index (χ3n) is 3.64. The Morgan fingerprint density at radius 3 is 2.73 bits per heavy atom. The number of carbonyl (C=O) groups is 1. The molecule has 8 nitrogen and oxygen atoms in total.